The molecule has 0 saturated heterocycles. The topological polar surface area (TPSA) is 97.1 Å². The predicted molar refractivity (Wildman–Crippen MR) is 99.8 cm³/mol. The van der Waals surface area contributed by atoms with Crippen molar-refractivity contribution in [1.82, 2.24) is 9.55 Å². The van der Waals surface area contributed by atoms with Gasteiger partial charge in [0.1, 0.15) is 5.56 Å². The van der Waals surface area contributed by atoms with Crippen LogP contribution in [-0.2, 0) is 7.05 Å². The van der Waals surface area contributed by atoms with Gasteiger partial charge in [-0.25, -0.2) is 4.79 Å². The molecule has 4 rings (SSSR count). The molecule has 0 fully saturated rings. The van der Waals surface area contributed by atoms with Crippen LogP contribution in [0.25, 0.3) is 21.7 Å². The summed E-state index contributed by atoms with van der Waals surface area (Å²) in [7, 11) is 1.60. The number of fused-ring (bicyclic) bond motifs is 1. The first-order chi connectivity index (χ1) is 12.5. The fourth-order valence-corrected chi connectivity index (χ4v) is 3.34. The highest BCUT2D eigenvalue weighted by molar-refractivity contribution is 7.13. The van der Waals surface area contributed by atoms with Crippen molar-refractivity contribution in [2.45, 2.75) is 0 Å². The Morgan fingerprint density at radius 3 is 2.77 bits per heavy atom. The molecule has 0 atom stereocenters. The van der Waals surface area contributed by atoms with E-state index in [1.54, 1.807) is 31.3 Å². The second-order valence-corrected chi connectivity index (χ2v) is 6.60. The van der Waals surface area contributed by atoms with E-state index in [0.29, 0.717) is 22.5 Å². The van der Waals surface area contributed by atoms with Crippen LogP contribution in [0.5, 0.6) is 0 Å². The molecule has 0 aliphatic heterocycles. The Morgan fingerprint density at radius 1 is 1.19 bits per heavy atom. The summed E-state index contributed by atoms with van der Waals surface area (Å²) in [5.74, 6) is -1.02. The van der Waals surface area contributed by atoms with Crippen molar-refractivity contribution in [3.63, 3.8) is 0 Å². The third kappa shape index (κ3) is 2.76. The number of thiophene rings is 1. The number of anilines is 1. The summed E-state index contributed by atoms with van der Waals surface area (Å²) in [6, 6.07) is 11.8. The van der Waals surface area contributed by atoms with Gasteiger partial charge in [0.05, 0.1) is 16.1 Å². The van der Waals surface area contributed by atoms with Crippen LogP contribution < -0.4 is 16.6 Å². The largest absolute Gasteiger partial charge is 0.419 e. The number of hydrogen-bond acceptors (Lipinski definition) is 5. The summed E-state index contributed by atoms with van der Waals surface area (Å²) in [5, 5.41) is 4.56. The van der Waals surface area contributed by atoms with Crippen molar-refractivity contribution in [2.24, 2.45) is 7.05 Å². The maximum Gasteiger partial charge on any atom is 0.419 e. The first kappa shape index (κ1) is 16.1. The smallest absolute Gasteiger partial charge is 0.408 e. The average molecular weight is 367 g/mol. The number of amides is 1. The van der Waals surface area contributed by atoms with Crippen LogP contribution in [0.1, 0.15) is 10.4 Å². The first-order valence-corrected chi connectivity index (χ1v) is 8.59. The molecule has 2 N–H and O–H groups in total. The van der Waals surface area contributed by atoms with Crippen molar-refractivity contribution in [3.05, 3.63) is 74.3 Å². The minimum absolute atomic E-state index is 0.0000765. The molecule has 0 aliphatic carbocycles. The number of carbonyl (C=O) groups is 1. The number of oxazole rings is 1. The summed E-state index contributed by atoms with van der Waals surface area (Å²) in [4.78, 5) is 39.8. The third-order valence-corrected chi connectivity index (χ3v) is 4.89. The zero-order valence-corrected chi connectivity index (χ0v) is 14.4. The van der Waals surface area contributed by atoms with E-state index < -0.39 is 17.2 Å². The van der Waals surface area contributed by atoms with Gasteiger partial charge in [-0.2, -0.15) is 0 Å². The zero-order valence-electron chi connectivity index (χ0n) is 13.6. The highest BCUT2D eigenvalue weighted by Crippen LogP contribution is 2.22. The van der Waals surface area contributed by atoms with E-state index in [4.69, 9.17) is 4.42 Å². The van der Waals surface area contributed by atoms with E-state index in [1.807, 2.05) is 17.5 Å². The number of rotatable bonds is 3. The first-order valence-electron chi connectivity index (χ1n) is 7.71. The fourth-order valence-electron chi connectivity index (χ4n) is 2.64. The molecule has 3 heterocycles. The Morgan fingerprint density at radius 2 is 2.04 bits per heavy atom. The molecule has 7 nitrogen and oxygen atoms in total. The van der Waals surface area contributed by atoms with Crippen LogP contribution in [0, 0.1) is 0 Å². The van der Waals surface area contributed by atoms with Gasteiger partial charge in [-0.05, 0) is 35.7 Å². The average Bonchev–Trinajstić information content (AvgIpc) is 3.24. The number of hydrogen-bond donors (Lipinski definition) is 2. The van der Waals surface area contributed by atoms with Crippen LogP contribution in [0.3, 0.4) is 0 Å². The number of benzene rings is 1. The minimum Gasteiger partial charge on any atom is -0.408 e. The maximum absolute atomic E-state index is 12.4. The van der Waals surface area contributed by atoms with Gasteiger partial charge in [0.2, 0.25) is 0 Å². The molecule has 0 unspecified atom stereocenters. The van der Waals surface area contributed by atoms with E-state index >= 15 is 0 Å². The molecule has 0 saturated carbocycles. The van der Waals surface area contributed by atoms with Crippen LogP contribution in [0.15, 0.2) is 61.9 Å². The Bertz CT molecular complexity index is 1230. The molecule has 4 aromatic rings. The number of H-pyrrole nitrogens is 1. The van der Waals surface area contributed by atoms with Crippen molar-refractivity contribution in [2.75, 3.05) is 5.32 Å². The summed E-state index contributed by atoms with van der Waals surface area (Å²) >= 11 is 1.50. The molecular formula is C18H13N3O4S. The number of nitrogens with one attached hydrogen (secondary N) is 2. The Labute approximate surface area is 150 Å². The molecule has 0 bridgehead atoms. The van der Waals surface area contributed by atoms with Crippen molar-refractivity contribution < 1.29 is 9.21 Å². The lowest BCUT2D eigenvalue weighted by atomic mass is 10.2. The van der Waals surface area contributed by atoms with Gasteiger partial charge < -0.3 is 14.7 Å². The maximum atomic E-state index is 12.4. The highest BCUT2D eigenvalue weighted by atomic mass is 32.1. The molecule has 130 valence electrons. The fraction of sp³-hybridized carbons (Fsp3) is 0.0556. The van der Waals surface area contributed by atoms with Gasteiger partial charge in [0.15, 0.2) is 5.58 Å². The summed E-state index contributed by atoms with van der Waals surface area (Å²) < 4.78 is 6.47. The standard InChI is InChI=1S/C18H13N3O4S/c1-21-13-7-4-10(9-14(13)25-18(21)24)19-16(22)11-5-6-12(20-17(11)23)15-3-2-8-26-15/h2-9H,1H3,(H,19,22)(H,20,23). The van der Waals surface area contributed by atoms with Gasteiger partial charge in [-0.1, -0.05) is 6.07 Å². The summed E-state index contributed by atoms with van der Waals surface area (Å²) in [5.41, 5.74) is 1.59. The second-order valence-electron chi connectivity index (χ2n) is 5.66. The highest BCUT2D eigenvalue weighted by Gasteiger charge is 2.13. The molecule has 0 aliphatic rings. The molecule has 0 radical (unpaired) electrons. The van der Waals surface area contributed by atoms with Crippen LogP contribution in [-0.4, -0.2) is 15.5 Å². The minimum atomic E-state index is -0.540. The van der Waals surface area contributed by atoms with Gasteiger partial charge >= 0.3 is 5.76 Å². The lowest BCUT2D eigenvalue weighted by molar-refractivity contribution is 0.102. The molecule has 0 spiro atoms. The Kier molecular flexibility index (Phi) is 3.81. The molecule has 8 heteroatoms. The zero-order chi connectivity index (χ0) is 18.3. The SMILES string of the molecule is Cn1c(=O)oc2cc(NC(=O)c3ccc(-c4cccs4)[nH]c3=O)ccc21. The Hall–Kier alpha value is -3.39. The van der Waals surface area contributed by atoms with Gasteiger partial charge in [-0.3, -0.25) is 14.2 Å². The Balaban J connectivity index is 1.62. The number of aromatic amines is 1. The number of aryl methyl sites for hydroxylation is 1. The molecule has 1 aromatic carbocycles. The van der Waals surface area contributed by atoms with Gasteiger partial charge in [0, 0.05) is 18.8 Å². The lowest BCUT2D eigenvalue weighted by Gasteiger charge is -2.05. The normalized spacial score (nSPS) is 11.0. The number of nitrogens with zero attached hydrogens (tertiary/aromatic N) is 1. The van der Waals surface area contributed by atoms with Crippen LogP contribution in [0.2, 0.25) is 0 Å². The quantitative estimate of drug-likeness (QED) is 0.582. The van der Waals surface area contributed by atoms with E-state index in [-0.39, 0.29) is 5.56 Å². The second kappa shape index (κ2) is 6.16. The van der Waals surface area contributed by atoms with Crippen LogP contribution >= 0.6 is 11.3 Å². The number of aromatic nitrogens is 2. The monoisotopic (exact) mass is 367 g/mol. The summed E-state index contributed by atoms with van der Waals surface area (Å²) in [6.45, 7) is 0. The van der Waals surface area contributed by atoms with Gasteiger partial charge in [0.25, 0.3) is 11.5 Å². The third-order valence-electron chi connectivity index (χ3n) is 3.99. The number of carbonyl (C=O) groups excluding carboxylic acids is 1. The predicted octanol–water partition coefficient (Wildman–Crippen LogP) is 2.80. The van der Waals surface area contributed by atoms with Crippen molar-refractivity contribution in [1.29, 1.82) is 0 Å². The molecular weight excluding hydrogens is 354 g/mol. The van der Waals surface area contributed by atoms with E-state index in [9.17, 15) is 14.4 Å². The van der Waals surface area contributed by atoms with Crippen molar-refractivity contribution in [3.8, 4) is 10.6 Å². The van der Waals surface area contributed by atoms with Crippen molar-refractivity contribution >= 4 is 34.0 Å². The number of pyridine rings is 1. The van der Waals surface area contributed by atoms with E-state index in [1.165, 1.54) is 22.0 Å². The molecule has 26 heavy (non-hydrogen) atoms. The van der Waals surface area contributed by atoms with Gasteiger partial charge in [-0.15, -0.1) is 11.3 Å². The summed E-state index contributed by atoms with van der Waals surface area (Å²) in [6.07, 6.45) is 0. The van der Waals surface area contributed by atoms with Crippen LogP contribution in [0.4, 0.5) is 5.69 Å². The van der Waals surface area contributed by atoms with E-state index in [0.717, 1.165) is 4.88 Å². The molecule has 3 aromatic heterocycles. The molecule has 1 amide bonds. The lowest BCUT2D eigenvalue weighted by Crippen LogP contribution is -2.23. The van der Waals surface area contributed by atoms with E-state index in [2.05, 4.69) is 10.3 Å².